The molecule has 4 heteroatoms. The molecule has 0 radical (unpaired) electrons. The summed E-state index contributed by atoms with van der Waals surface area (Å²) in [6.45, 7) is 0. The second-order valence-corrected chi connectivity index (χ2v) is 5.01. The van der Waals surface area contributed by atoms with Crippen LogP contribution in [-0.2, 0) is 9.84 Å². The second-order valence-electron chi connectivity index (χ2n) is 3.05. The van der Waals surface area contributed by atoms with Crippen LogP contribution in [0.1, 0.15) is 5.56 Å². The Bertz CT molecular complexity index is 550. The second kappa shape index (κ2) is 2.96. The predicted molar refractivity (Wildman–Crippen MR) is 52.1 cm³/mol. The third-order valence-corrected chi connectivity index (χ3v) is 3.87. The molecule has 1 aromatic carbocycles. The summed E-state index contributed by atoms with van der Waals surface area (Å²) in [6.07, 6.45) is 1.30. The molecule has 3 nitrogen and oxygen atoms in total. The number of hydrogen-bond acceptors (Lipinski definition) is 3. The number of nitrogens with zero attached hydrogens (tertiary/aromatic N) is 1. The van der Waals surface area contributed by atoms with E-state index in [9.17, 15) is 8.42 Å². The van der Waals surface area contributed by atoms with Gasteiger partial charge in [-0.15, -0.1) is 0 Å². The van der Waals surface area contributed by atoms with Crippen LogP contribution in [0.25, 0.3) is 5.57 Å². The van der Waals surface area contributed by atoms with Crippen molar-refractivity contribution in [2.45, 2.75) is 4.90 Å². The SMILES string of the molecule is N#CC=C1CS(=O)(=O)c2ccccc21. The molecule has 0 N–H and O–H groups in total. The van der Waals surface area contributed by atoms with Gasteiger partial charge in [-0.1, -0.05) is 18.2 Å². The smallest absolute Gasteiger partial charge is 0.183 e. The molecule has 0 atom stereocenters. The van der Waals surface area contributed by atoms with Crippen LogP contribution in [0.2, 0.25) is 0 Å². The molecule has 0 bridgehead atoms. The van der Waals surface area contributed by atoms with Gasteiger partial charge in [-0.2, -0.15) is 5.26 Å². The van der Waals surface area contributed by atoms with Gasteiger partial charge >= 0.3 is 0 Å². The summed E-state index contributed by atoms with van der Waals surface area (Å²) in [5.41, 5.74) is 1.25. The summed E-state index contributed by atoms with van der Waals surface area (Å²) < 4.78 is 23.2. The zero-order valence-electron chi connectivity index (χ0n) is 7.27. The molecular formula is C10H7NO2S. The van der Waals surface area contributed by atoms with Gasteiger partial charge in [0.15, 0.2) is 9.84 Å². The first-order chi connectivity index (χ1) is 6.65. The van der Waals surface area contributed by atoms with E-state index in [0.717, 1.165) is 0 Å². The maximum atomic E-state index is 11.6. The minimum Gasteiger partial charge on any atom is -0.223 e. The summed E-state index contributed by atoms with van der Waals surface area (Å²) in [5, 5.41) is 8.50. The zero-order chi connectivity index (χ0) is 10.2. The normalized spacial score (nSPS) is 20.4. The molecule has 0 aliphatic carbocycles. The van der Waals surface area contributed by atoms with Crippen molar-refractivity contribution in [2.75, 3.05) is 5.75 Å². The Hall–Kier alpha value is -1.60. The molecule has 0 saturated carbocycles. The Labute approximate surface area is 82.2 Å². The highest BCUT2D eigenvalue weighted by Gasteiger charge is 2.29. The predicted octanol–water partition coefficient (Wildman–Crippen LogP) is 1.38. The van der Waals surface area contributed by atoms with Crippen LogP contribution in [0.15, 0.2) is 35.2 Å². The minimum absolute atomic E-state index is 0.0556. The van der Waals surface area contributed by atoms with Gasteiger partial charge in [0, 0.05) is 6.08 Å². The van der Waals surface area contributed by atoms with Gasteiger partial charge in [-0.3, -0.25) is 0 Å². The lowest BCUT2D eigenvalue weighted by Crippen LogP contribution is -1.97. The number of fused-ring (bicyclic) bond motifs is 1. The highest BCUT2D eigenvalue weighted by molar-refractivity contribution is 7.92. The summed E-state index contributed by atoms with van der Waals surface area (Å²) >= 11 is 0. The van der Waals surface area contributed by atoms with Gasteiger partial charge in [0.05, 0.1) is 16.7 Å². The van der Waals surface area contributed by atoms with Crippen LogP contribution in [0.5, 0.6) is 0 Å². The van der Waals surface area contributed by atoms with E-state index in [0.29, 0.717) is 16.0 Å². The van der Waals surface area contributed by atoms with Crippen LogP contribution in [0, 0.1) is 11.3 Å². The summed E-state index contributed by atoms with van der Waals surface area (Å²) in [6, 6.07) is 8.61. The molecule has 1 heterocycles. The fraction of sp³-hybridized carbons (Fsp3) is 0.100. The van der Waals surface area contributed by atoms with Gasteiger partial charge in [0.2, 0.25) is 0 Å². The Morgan fingerprint density at radius 1 is 1.36 bits per heavy atom. The molecule has 0 spiro atoms. The van der Waals surface area contributed by atoms with Crippen molar-refractivity contribution in [2.24, 2.45) is 0 Å². The topological polar surface area (TPSA) is 57.9 Å². The zero-order valence-corrected chi connectivity index (χ0v) is 8.08. The Balaban J connectivity index is 2.75. The van der Waals surface area contributed by atoms with Crippen molar-refractivity contribution < 1.29 is 8.42 Å². The number of hydrogen-bond donors (Lipinski definition) is 0. The number of nitriles is 1. The van der Waals surface area contributed by atoms with E-state index in [1.807, 2.05) is 6.07 Å². The van der Waals surface area contributed by atoms with Crippen molar-refractivity contribution >= 4 is 15.4 Å². The minimum atomic E-state index is -3.20. The van der Waals surface area contributed by atoms with E-state index in [2.05, 4.69) is 0 Å². The van der Waals surface area contributed by atoms with E-state index in [1.165, 1.54) is 6.08 Å². The third-order valence-electron chi connectivity index (χ3n) is 2.15. The van der Waals surface area contributed by atoms with Crippen molar-refractivity contribution in [3.8, 4) is 6.07 Å². The average molecular weight is 205 g/mol. The van der Waals surface area contributed by atoms with Gasteiger partial charge in [-0.25, -0.2) is 8.42 Å². The average Bonchev–Trinajstić information content (AvgIpc) is 2.41. The molecule has 1 aromatic rings. The molecule has 1 aliphatic heterocycles. The molecule has 14 heavy (non-hydrogen) atoms. The van der Waals surface area contributed by atoms with Gasteiger partial charge in [0.1, 0.15) is 0 Å². The Kier molecular flexibility index (Phi) is 1.90. The molecule has 0 amide bonds. The lowest BCUT2D eigenvalue weighted by molar-refractivity contribution is 0.601. The Morgan fingerprint density at radius 3 is 2.79 bits per heavy atom. The molecule has 0 fully saturated rings. The van der Waals surface area contributed by atoms with Crippen molar-refractivity contribution in [1.29, 1.82) is 5.26 Å². The van der Waals surface area contributed by atoms with Gasteiger partial charge in [0.25, 0.3) is 0 Å². The first-order valence-electron chi connectivity index (χ1n) is 4.06. The third kappa shape index (κ3) is 1.22. The van der Waals surface area contributed by atoms with Crippen LogP contribution < -0.4 is 0 Å². The van der Waals surface area contributed by atoms with E-state index in [4.69, 9.17) is 5.26 Å². The Morgan fingerprint density at radius 2 is 2.07 bits per heavy atom. The van der Waals surface area contributed by atoms with E-state index in [-0.39, 0.29) is 5.75 Å². The highest BCUT2D eigenvalue weighted by atomic mass is 32.2. The standard InChI is InChI=1S/C10H7NO2S/c11-6-5-8-7-14(12,13)10-4-2-1-3-9(8)10/h1-5H,7H2. The van der Waals surface area contributed by atoms with Gasteiger partial charge < -0.3 is 0 Å². The lowest BCUT2D eigenvalue weighted by Gasteiger charge is -1.94. The molecule has 0 aromatic heterocycles. The first kappa shape index (κ1) is 8.97. The summed E-state index contributed by atoms with van der Waals surface area (Å²) in [5.74, 6) is -0.0556. The van der Waals surface area contributed by atoms with Crippen molar-refractivity contribution in [3.05, 3.63) is 35.9 Å². The van der Waals surface area contributed by atoms with Crippen molar-refractivity contribution in [1.82, 2.24) is 0 Å². The molecule has 70 valence electrons. The van der Waals surface area contributed by atoms with Crippen LogP contribution in [0.3, 0.4) is 0 Å². The quantitative estimate of drug-likeness (QED) is 0.601. The molecule has 1 aliphatic rings. The molecular weight excluding hydrogens is 198 g/mol. The molecule has 0 unspecified atom stereocenters. The molecule has 2 rings (SSSR count). The first-order valence-corrected chi connectivity index (χ1v) is 5.71. The van der Waals surface area contributed by atoms with Gasteiger partial charge in [-0.05, 0) is 17.2 Å². The van der Waals surface area contributed by atoms with E-state index >= 15 is 0 Å². The van der Waals surface area contributed by atoms with E-state index < -0.39 is 9.84 Å². The lowest BCUT2D eigenvalue weighted by atomic mass is 10.1. The van der Waals surface area contributed by atoms with Crippen molar-refractivity contribution in [3.63, 3.8) is 0 Å². The number of benzene rings is 1. The number of allylic oxidation sites excluding steroid dienone is 1. The molecule has 0 saturated heterocycles. The maximum Gasteiger partial charge on any atom is 0.183 e. The maximum absolute atomic E-state index is 11.6. The highest BCUT2D eigenvalue weighted by Crippen LogP contribution is 2.33. The fourth-order valence-electron chi connectivity index (χ4n) is 1.56. The number of sulfone groups is 1. The fourth-order valence-corrected chi connectivity index (χ4v) is 3.18. The monoisotopic (exact) mass is 205 g/mol. The van der Waals surface area contributed by atoms with Crippen LogP contribution in [-0.4, -0.2) is 14.2 Å². The summed E-state index contributed by atoms with van der Waals surface area (Å²) in [4.78, 5) is 0.335. The largest absolute Gasteiger partial charge is 0.223 e. The number of rotatable bonds is 0. The summed E-state index contributed by atoms with van der Waals surface area (Å²) in [7, 11) is -3.20. The van der Waals surface area contributed by atoms with Crippen LogP contribution in [0.4, 0.5) is 0 Å². The van der Waals surface area contributed by atoms with Crippen LogP contribution >= 0.6 is 0 Å². The van der Waals surface area contributed by atoms with E-state index in [1.54, 1.807) is 24.3 Å².